The lowest BCUT2D eigenvalue weighted by atomic mass is 10.1. The molecule has 1 unspecified atom stereocenters. The number of amides is 2. The monoisotopic (exact) mass is 349 g/mol. The Bertz CT molecular complexity index is 828. The van der Waals surface area contributed by atoms with Gasteiger partial charge >= 0.3 is 0 Å². The van der Waals surface area contributed by atoms with Gasteiger partial charge in [0.05, 0.1) is 5.56 Å². The summed E-state index contributed by atoms with van der Waals surface area (Å²) in [5.74, 6) is -0.396. The van der Waals surface area contributed by atoms with Crippen LogP contribution in [0.15, 0.2) is 23.1 Å². The summed E-state index contributed by atoms with van der Waals surface area (Å²) < 4.78 is 26.1. The largest absolute Gasteiger partial charge is 0.350 e. The first kappa shape index (κ1) is 15.6. The van der Waals surface area contributed by atoms with Gasteiger partial charge in [-0.05, 0) is 49.8 Å². The van der Waals surface area contributed by atoms with Crippen molar-refractivity contribution in [2.45, 2.75) is 42.7 Å². The van der Waals surface area contributed by atoms with Gasteiger partial charge in [0, 0.05) is 24.2 Å². The molecule has 8 heteroatoms. The van der Waals surface area contributed by atoms with Gasteiger partial charge in [-0.1, -0.05) is 0 Å². The Balaban J connectivity index is 1.56. The summed E-state index contributed by atoms with van der Waals surface area (Å²) >= 11 is 0. The van der Waals surface area contributed by atoms with E-state index in [1.165, 1.54) is 18.2 Å². The van der Waals surface area contributed by atoms with Crippen LogP contribution >= 0.6 is 0 Å². The molecule has 0 radical (unpaired) electrons. The lowest BCUT2D eigenvalue weighted by Gasteiger charge is -2.13. The summed E-state index contributed by atoms with van der Waals surface area (Å²) in [4.78, 5) is 24.5. The van der Waals surface area contributed by atoms with Crippen molar-refractivity contribution < 1.29 is 18.0 Å². The summed E-state index contributed by atoms with van der Waals surface area (Å²) in [7, 11) is -3.84. The van der Waals surface area contributed by atoms with Crippen LogP contribution in [-0.4, -0.2) is 43.2 Å². The second kappa shape index (κ2) is 5.29. The molecule has 2 amide bonds. The fraction of sp³-hybridized carbons (Fsp3) is 0.500. The summed E-state index contributed by atoms with van der Waals surface area (Å²) in [5.41, 5.74) is 6.33. The van der Waals surface area contributed by atoms with E-state index in [0.717, 1.165) is 17.1 Å². The Hall–Kier alpha value is -1.93. The Morgan fingerprint density at radius 1 is 1.29 bits per heavy atom. The van der Waals surface area contributed by atoms with Crippen molar-refractivity contribution in [1.29, 1.82) is 0 Å². The second-order valence-corrected chi connectivity index (χ2v) is 8.54. The average molecular weight is 349 g/mol. The van der Waals surface area contributed by atoms with Crippen LogP contribution in [0, 0.1) is 5.92 Å². The van der Waals surface area contributed by atoms with Crippen LogP contribution in [0.3, 0.4) is 0 Å². The van der Waals surface area contributed by atoms with Crippen LogP contribution in [0.1, 0.15) is 46.4 Å². The Kier molecular flexibility index (Phi) is 3.43. The number of fused-ring (bicyclic) bond motifs is 1. The number of carbonyl (C=O) groups excluding carboxylic acids is 2. The Morgan fingerprint density at radius 2 is 2.00 bits per heavy atom. The summed E-state index contributed by atoms with van der Waals surface area (Å²) in [5, 5.41) is 2.74. The molecule has 0 spiro atoms. The van der Waals surface area contributed by atoms with Gasteiger partial charge in [-0.25, -0.2) is 12.7 Å². The van der Waals surface area contributed by atoms with Gasteiger partial charge in [0.25, 0.3) is 21.8 Å². The van der Waals surface area contributed by atoms with Crippen LogP contribution < -0.4 is 11.1 Å². The maximum Gasteiger partial charge on any atom is 0.269 e. The fourth-order valence-electron chi connectivity index (χ4n) is 3.06. The first-order chi connectivity index (χ1) is 11.4. The quantitative estimate of drug-likeness (QED) is 0.802. The molecule has 0 saturated heterocycles. The minimum Gasteiger partial charge on any atom is -0.350 e. The highest BCUT2D eigenvalue weighted by Crippen LogP contribution is 2.39. The van der Waals surface area contributed by atoms with Crippen LogP contribution in [0.4, 0.5) is 0 Å². The smallest absolute Gasteiger partial charge is 0.269 e. The van der Waals surface area contributed by atoms with E-state index in [4.69, 9.17) is 5.73 Å². The first-order valence-corrected chi connectivity index (χ1v) is 9.60. The minimum absolute atomic E-state index is 0.0703. The molecule has 24 heavy (non-hydrogen) atoms. The predicted octanol–water partition coefficient (Wildman–Crippen LogP) is 0.461. The number of nitrogens with one attached hydrogen (secondary N) is 1. The van der Waals surface area contributed by atoms with E-state index in [2.05, 4.69) is 5.32 Å². The molecular formula is C16H19N3O4S. The molecule has 4 rings (SSSR count). The predicted molar refractivity (Wildman–Crippen MR) is 85.9 cm³/mol. The number of hydrogen-bond donors (Lipinski definition) is 2. The van der Waals surface area contributed by atoms with E-state index in [9.17, 15) is 18.0 Å². The van der Waals surface area contributed by atoms with Crippen molar-refractivity contribution in [3.63, 3.8) is 0 Å². The Labute approximate surface area is 140 Å². The SMILES string of the molecule is NC(CNC(=O)c1ccc2c(c1)S(=O)(=O)N(C1CC1)C2=O)C1CC1. The van der Waals surface area contributed by atoms with E-state index in [1.54, 1.807) is 0 Å². The lowest BCUT2D eigenvalue weighted by Crippen LogP contribution is -2.38. The van der Waals surface area contributed by atoms with Gasteiger partial charge in [0.15, 0.2) is 0 Å². The minimum atomic E-state index is -3.84. The first-order valence-electron chi connectivity index (χ1n) is 8.16. The van der Waals surface area contributed by atoms with Gasteiger partial charge in [0.1, 0.15) is 4.90 Å². The molecular weight excluding hydrogens is 330 g/mol. The molecule has 128 valence electrons. The zero-order valence-corrected chi connectivity index (χ0v) is 13.9. The van der Waals surface area contributed by atoms with Crippen LogP contribution in [-0.2, 0) is 10.0 Å². The van der Waals surface area contributed by atoms with E-state index in [1.807, 2.05) is 0 Å². The second-order valence-electron chi connectivity index (χ2n) is 6.76. The molecule has 0 aromatic heterocycles. The number of carbonyl (C=O) groups is 2. The van der Waals surface area contributed by atoms with Crippen LogP contribution in [0.25, 0.3) is 0 Å². The third kappa shape index (κ3) is 2.50. The molecule has 1 heterocycles. The molecule has 1 atom stereocenters. The number of rotatable bonds is 5. The van der Waals surface area contributed by atoms with E-state index in [0.29, 0.717) is 25.3 Å². The summed E-state index contributed by atoms with van der Waals surface area (Å²) in [6.45, 7) is 0.362. The summed E-state index contributed by atoms with van der Waals surface area (Å²) in [6.07, 6.45) is 3.58. The molecule has 3 aliphatic rings. The molecule has 3 N–H and O–H groups in total. The topological polar surface area (TPSA) is 110 Å². The third-order valence-corrected chi connectivity index (χ3v) is 6.69. The highest BCUT2D eigenvalue weighted by molar-refractivity contribution is 7.90. The molecule has 0 bridgehead atoms. The normalized spacial score (nSPS) is 23.0. The van der Waals surface area contributed by atoms with Crippen molar-refractivity contribution in [2.24, 2.45) is 11.7 Å². The van der Waals surface area contributed by atoms with Gasteiger partial charge in [0.2, 0.25) is 0 Å². The highest BCUT2D eigenvalue weighted by atomic mass is 32.2. The maximum absolute atomic E-state index is 12.6. The van der Waals surface area contributed by atoms with E-state index in [-0.39, 0.29) is 34.0 Å². The zero-order chi connectivity index (χ0) is 17.1. The molecule has 2 saturated carbocycles. The average Bonchev–Trinajstić information content (AvgIpc) is 3.44. The van der Waals surface area contributed by atoms with Gasteiger partial charge in [-0.3, -0.25) is 9.59 Å². The highest BCUT2D eigenvalue weighted by Gasteiger charge is 2.48. The number of benzene rings is 1. The van der Waals surface area contributed by atoms with Crippen LogP contribution in [0.2, 0.25) is 0 Å². The third-order valence-electron chi connectivity index (χ3n) is 4.82. The molecule has 2 aliphatic carbocycles. The van der Waals surface area contributed by atoms with Crippen molar-refractivity contribution in [1.82, 2.24) is 9.62 Å². The fourth-order valence-corrected chi connectivity index (χ4v) is 4.90. The van der Waals surface area contributed by atoms with Crippen molar-refractivity contribution in [2.75, 3.05) is 6.54 Å². The molecule has 7 nitrogen and oxygen atoms in total. The van der Waals surface area contributed by atoms with Crippen molar-refractivity contribution in [3.05, 3.63) is 29.3 Å². The molecule has 2 fully saturated rings. The van der Waals surface area contributed by atoms with Gasteiger partial charge < -0.3 is 11.1 Å². The van der Waals surface area contributed by atoms with Gasteiger partial charge in [-0.2, -0.15) is 0 Å². The number of hydrogen-bond acceptors (Lipinski definition) is 5. The van der Waals surface area contributed by atoms with E-state index < -0.39 is 15.9 Å². The maximum atomic E-state index is 12.6. The number of sulfonamides is 1. The summed E-state index contributed by atoms with van der Waals surface area (Å²) in [6, 6.07) is 3.90. The zero-order valence-electron chi connectivity index (χ0n) is 13.1. The van der Waals surface area contributed by atoms with Gasteiger partial charge in [-0.15, -0.1) is 0 Å². The lowest BCUT2D eigenvalue weighted by molar-refractivity contribution is 0.0863. The molecule has 1 aliphatic heterocycles. The van der Waals surface area contributed by atoms with Crippen molar-refractivity contribution >= 4 is 21.8 Å². The molecule has 1 aromatic rings. The number of nitrogens with two attached hydrogens (primary N) is 1. The van der Waals surface area contributed by atoms with Crippen LogP contribution in [0.5, 0.6) is 0 Å². The van der Waals surface area contributed by atoms with E-state index >= 15 is 0 Å². The Morgan fingerprint density at radius 3 is 2.62 bits per heavy atom. The number of nitrogens with zero attached hydrogens (tertiary/aromatic N) is 1. The molecule has 1 aromatic carbocycles. The van der Waals surface area contributed by atoms with Crippen molar-refractivity contribution in [3.8, 4) is 0 Å². The standard InChI is InChI=1S/C16H19N3O4S/c17-13(9-1-2-9)8-18-15(20)10-3-6-12-14(7-10)24(22,23)19(16(12)21)11-4-5-11/h3,6-7,9,11,13H,1-2,4-5,8,17H2,(H,18,20).